The van der Waals surface area contributed by atoms with Crippen LogP contribution in [0.2, 0.25) is 0 Å². The topological polar surface area (TPSA) is 49.9 Å². The zero-order chi connectivity index (χ0) is 17.6. The Balaban J connectivity index is 1.58. The number of hydrogen-bond donors (Lipinski definition) is 0. The first kappa shape index (κ1) is 17.9. The monoisotopic (exact) mass is 344 g/mol. The van der Waals surface area contributed by atoms with Gasteiger partial charge < -0.3 is 14.5 Å². The molecular weight excluding hydrogens is 316 g/mol. The van der Waals surface area contributed by atoms with Gasteiger partial charge in [0, 0.05) is 38.7 Å². The average molecular weight is 344 g/mol. The molecular formula is C20H28N2O3. The third kappa shape index (κ3) is 4.40. The van der Waals surface area contributed by atoms with E-state index in [-0.39, 0.29) is 24.5 Å². The minimum Gasteiger partial charge on any atom is -0.372 e. The van der Waals surface area contributed by atoms with Crippen LogP contribution in [0.25, 0.3) is 0 Å². The molecule has 2 aliphatic heterocycles. The molecule has 0 aliphatic carbocycles. The van der Waals surface area contributed by atoms with Crippen LogP contribution in [0, 0.1) is 5.92 Å². The molecule has 25 heavy (non-hydrogen) atoms. The van der Waals surface area contributed by atoms with E-state index in [0.29, 0.717) is 18.9 Å². The largest absolute Gasteiger partial charge is 0.372 e. The molecule has 2 heterocycles. The molecule has 2 atom stereocenters. The van der Waals surface area contributed by atoms with Gasteiger partial charge in [-0.05, 0) is 37.7 Å². The first-order chi connectivity index (χ1) is 12.2. The van der Waals surface area contributed by atoms with E-state index in [1.807, 2.05) is 30.0 Å². The molecule has 5 heteroatoms. The molecule has 1 aromatic rings. The quantitative estimate of drug-likeness (QED) is 0.794. The Bertz CT molecular complexity index is 590. The van der Waals surface area contributed by atoms with Crippen LogP contribution in [-0.2, 0) is 20.7 Å². The summed E-state index contributed by atoms with van der Waals surface area (Å²) in [5.74, 6) is 0.743. The lowest BCUT2D eigenvalue weighted by Gasteiger charge is -2.47. The van der Waals surface area contributed by atoms with Crippen LogP contribution in [-0.4, -0.2) is 60.5 Å². The fraction of sp³-hybridized carbons (Fsp3) is 0.600. The van der Waals surface area contributed by atoms with Crippen LogP contribution in [0.4, 0.5) is 0 Å². The van der Waals surface area contributed by atoms with Gasteiger partial charge in [0.1, 0.15) is 6.61 Å². The molecule has 0 unspecified atom stereocenters. The zero-order valence-electron chi connectivity index (χ0n) is 15.0. The summed E-state index contributed by atoms with van der Waals surface area (Å²) in [6, 6.07) is 10.6. The highest BCUT2D eigenvalue weighted by molar-refractivity contribution is 5.79. The van der Waals surface area contributed by atoms with Crippen molar-refractivity contribution in [1.29, 1.82) is 0 Å². The predicted molar refractivity (Wildman–Crippen MR) is 96.1 cm³/mol. The molecule has 0 bridgehead atoms. The summed E-state index contributed by atoms with van der Waals surface area (Å²) in [6.07, 6.45) is 3.26. The van der Waals surface area contributed by atoms with Crippen molar-refractivity contribution < 1.29 is 14.3 Å². The Morgan fingerprint density at radius 2 is 2.04 bits per heavy atom. The van der Waals surface area contributed by atoms with E-state index in [1.165, 1.54) is 5.56 Å². The van der Waals surface area contributed by atoms with Crippen molar-refractivity contribution in [1.82, 2.24) is 9.80 Å². The number of ether oxygens (including phenoxy) is 1. The van der Waals surface area contributed by atoms with Crippen molar-refractivity contribution in [3.8, 4) is 0 Å². The molecule has 2 fully saturated rings. The maximum atomic E-state index is 12.5. The number of nitrogens with zero attached hydrogens (tertiary/aromatic N) is 2. The maximum absolute atomic E-state index is 12.5. The second-order valence-electron chi connectivity index (χ2n) is 6.95. The van der Waals surface area contributed by atoms with Crippen molar-refractivity contribution in [3.05, 3.63) is 35.9 Å². The van der Waals surface area contributed by atoms with Crippen molar-refractivity contribution in [3.63, 3.8) is 0 Å². The minimum atomic E-state index is 0.0769. The molecule has 0 N–H and O–H groups in total. The normalized spacial score (nSPS) is 23.5. The zero-order valence-corrected chi connectivity index (χ0v) is 15.0. The van der Waals surface area contributed by atoms with E-state index in [9.17, 15) is 9.59 Å². The van der Waals surface area contributed by atoms with E-state index in [1.54, 1.807) is 0 Å². The van der Waals surface area contributed by atoms with E-state index < -0.39 is 0 Å². The number of carbonyl (C=O) groups is 2. The molecule has 0 aromatic heterocycles. The van der Waals surface area contributed by atoms with Gasteiger partial charge in [-0.2, -0.15) is 0 Å². The second kappa shape index (κ2) is 8.48. The Hall–Kier alpha value is -1.88. The van der Waals surface area contributed by atoms with Crippen LogP contribution in [0.15, 0.2) is 30.3 Å². The van der Waals surface area contributed by atoms with Crippen LogP contribution in [0.1, 0.15) is 31.7 Å². The second-order valence-corrected chi connectivity index (χ2v) is 6.95. The van der Waals surface area contributed by atoms with Crippen molar-refractivity contribution >= 4 is 11.8 Å². The minimum absolute atomic E-state index is 0.0769. The highest BCUT2D eigenvalue weighted by Gasteiger charge is 2.39. The van der Waals surface area contributed by atoms with E-state index in [4.69, 9.17) is 4.74 Å². The third-order valence-corrected chi connectivity index (χ3v) is 5.41. The molecule has 136 valence electrons. The summed E-state index contributed by atoms with van der Waals surface area (Å²) >= 11 is 0. The summed E-state index contributed by atoms with van der Waals surface area (Å²) in [4.78, 5) is 28.7. The van der Waals surface area contributed by atoms with Gasteiger partial charge in [-0.25, -0.2) is 0 Å². The number of amides is 2. The molecule has 3 rings (SSSR count). The molecule has 2 saturated heterocycles. The van der Waals surface area contributed by atoms with Crippen LogP contribution in [0.5, 0.6) is 0 Å². The third-order valence-electron chi connectivity index (χ3n) is 5.41. The molecule has 0 saturated carbocycles. The summed E-state index contributed by atoms with van der Waals surface area (Å²) in [5, 5.41) is 0. The number of hydrogen-bond acceptors (Lipinski definition) is 3. The van der Waals surface area contributed by atoms with E-state index in [2.05, 4.69) is 17.0 Å². The number of benzene rings is 1. The molecule has 2 aliphatic rings. The lowest BCUT2D eigenvalue weighted by atomic mass is 9.83. The summed E-state index contributed by atoms with van der Waals surface area (Å²) in [7, 11) is 0. The van der Waals surface area contributed by atoms with Gasteiger partial charge in [-0.3, -0.25) is 9.59 Å². The SMILES string of the molecule is CCOCC(=O)N1CC[C@@H]2[C@@H](CCC(=O)N2CCc2ccccc2)C1. The number of fused-ring (bicyclic) bond motifs is 1. The van der Waals surface area contributed by atoms with E-state index in [0.717, 1.165) is 38.9 Å². The molecule has 1 aromatic carbocycles. The molecule has 2 amide bonds. The smallest absolute Gasteiger partial charge is 0.248 e. The number of carbonyl (C=O) groups excluding carboxylic acids is 2. The number of likely N-dealkylation sites (tertiary alicyclic amines) is 2. The molecule has 0 radical (unpaired) electrons. The van der Waals surface area contributed by atoms with Gasteiger partial charge in [-0.1, -0.05) is 30.3 Å². The fourth-order valence-corrected chi connectivity index (χ4v) is 4.04. The first-order valence-electron chi connectivity index (χ1n) is 9.38. The summed E-state index contributed by atoms with van der Waals surface area (Å²) in [6.45, 7) is 4.89. The number of piperidine rings is 2. The highest BCUT2D eigenvalue weighted by atomic mass is 16.5. The Morgan fingerprint density at radius 1 is 1.24 bits per heavy atom. The van der Waals surface area contributed by atoms with Crippen molar-refractivity contribution in [2.75, 3.05) is 32.8 Å². The van der Waals surface area contributed by atoms with Gasteiger partial charge in [0.25, 0.3) is 0 Å². The highest BCUT2D eigenvalue weighted by Crippen LogP contribution is 2.31. The Labute approximate surface area is 149 Å². The summed E-state index contributed by atoms with van der Waals surface area (Å²) in [5.41, 5.74) is 1.27. The molecule has 5 nitrogen and oxygen atoms in total. The van der Waals surface area contributed by atoms with Gasteiger partial charge in [0.15, 0.2) is 0 Å². The lowest BCUT2D eigenvalue weighted by Crippen LogP contribution is -2.57. The summed E-state index contributed by atoms with van der Waals surface area (Å²) < 4.78 is 5.25. The predicted octanol–water partition coefficient (Wildman–Crippen LogP) is 2.11. The van der Waals surface area contributed by atoms with Gasteiger partial charge in [0.2, 0.25) is 11.8 Å². The Kier molecular flexibility index (Phi) is 6.08. The average Bonchev–Trinajstić information content (AvgIpc) is 2.65. The fourth-order valence-electron chi connectivity index (χ4n) is 4.04. The van der Waals surface area contributed by atoms with Gasteiger partial charge in [0.05, 0.1) is 0 Å². The van der Waals surface area contributed by atoms with Gasteiger partial charge >= 0.3 is 0 Å². The first-order valence-corrected chi connectivity index (χ1v) is 9.38. The maximum Gasteiger partial charge on any atom is 0.248 e. The molecule has 0 spiro atoms. The lowest BCUT2D eigenvalue weighted by molar-refractivity contribution is -0.146. The van der Waals surface area contributed by atoms with Gasteiger partial charge in [-0.15, -0.1) is 0 Å². The van der Waals surface area contributed by atoms with E-state index >= 15 is 0 Å². The van der Waals surface area contributed by atoms with Crippen LogP contribution in [0.3, 0.4) is 0 Å². The van der Waals surface area contributed by atoms with Crippen molar-refractivity contribution in [2.45, 2.75) is 38.6 Å². The van der Waals surface area contributed by atoms with Crippen molar-refractivity contribution in [2.24, 2.45) is 5.92 Å². The number of rotatable bonds is 6. The Morgan fingerprint density at radius 3 is 2.80 bits per heavy atom. The standard InChI is InChI=1S/C20H28N2O3/c1-2-25-15-20(24)21-12-11-18-17(14-21)8-9-19(23)22(18)13-10-16-6-4-3-5-7-16/h3-7,17-18H,2,8-15H2,1H3/t17-,18+/m0/s1. The van der Waals surface area contributed by atoms with Crippen LogP contribution >= 0.6 is 0 Å². The van der Waals surface area contributed by atoms with Crippen LogP contribution < -0.4 is 0 Å².